The van der Waals surface area contributed by atoms with Crippen LogP contribution in [-0.4, -0.2) is 68.7 Å². The van der Waals surface area contributed by atoms with Gasteiger partial charge in [-0.2, -0.15) is 0 Å². The van der Waals surface area contributed by atoms with Crippen LogP contribution in [0.4, 0.5) is 0 Å². The fraction of sp³-hybridized carbons (Fsp3) is 0.526. The first kappa shape index (κ1) is 20.7. The minimum Gasteiger partial charge on any atom is -0.483 e. The summed E-state index contributed by atoms with van der Waals surface area (Å²) in [7, 11) is 1.50. The van der Waals surface area contributed by atoms with Crippen molar-refractivity contribution >= 4 is 17.8 Å². The highest BCUT2D eigenvalue weighted by atomic mass is 16.6. The van der Waals surface area contributed by atoms with Crippen LogP contribution < -0.4 is 10.1 Å². The number of hydrogen-bond donors (Lipinski definition) is 1. The van der Waals surface area contributed by atoms with Gasteiger partial charge in [-0.3, -0.25) is 14.4 Å². The second kappa shape index (κ2) is 9.91. The number of nitrogens with one attached hydrogen (secondary N) is 1. The van der Waals surface area contributed by atoms with E-state index in [0.29, 0.717) is 18.8 Å². The SMILES string of the molecule is COCCOC(=O)CC1C(=O)NCCN1C(=O)COc1cccc(C)c1C. The summed E-state index contributed by atoms with van der Waals surface area (Å²) in [5, 5.41) is 2.67. The molecule has 0 bridgehead atoms. The van der Waals surface area contributed by atoms with Gasteiger partial charge < -0.3 is 24.4 Å². The summed E-state index contributed by atoms with van der Waals surface area (Å²) in [4.78, 5) is 38.1. The van der Waals surface area contributed by atoms with Crippen LogP contribution in [0.2, 0.25) is 0 Å². The van der Waals surface area contributed by atoms with Gasteiger partial charge >= 0.3 is 5.97 Å². The monoisotopic (exact) mass is 378 g/mol. The number of amides is 2. The fourth-order valence-electron chi connectivity index (χ4n) is 2.77. The van der Waals surface area contributed by atoms with Gasteiger partial charge in [-0.05, 0) is 31.0 Å². The molecule has 1 fully saturated rings. The van der Waals surface area contributed by atoms with E-state index >= 15 is 0 Å². The maximum absolute atomic E-state index is 12.6. The van der Waals surface area contributed by atoms with Crippen LogP contribution in [-0.2, 0) is 23.9 Å². The van der Waals surface area contributed by atoms with Crippen molar-refractivity contribution in [2.75, 3.05) is 40.0 Å². The lowest BCUT2D eigenvalue weighted by atomic mass is 10.1. The van der Waals surface area contributed by atoms with Gasteiger partial charge in [0.25, 0.3) is 5.91 Å². The highest BCUT2D eigenvalue weighted by Crippen LogP contribution is 2.21. The van der Waals surface area contributed by atoms with Crippen molar-refractivity contribution in [1.82, 2.24) is 10.2 Å². The number of rotatable bonds is 8. The first-order valence-electron chi connectivity index (χ1n) is 8.84. The average Bonchev–Trinajstić information content (AvgIpc) is 2.64. The van der Waals surface area contributed by atoms with Gasteiger partial charge in [0.15, 0.2) is 6.61 Å². The number of carbonyl (C=O) groups excluding carboxylic acids is 3. The van der Waals surface area contributed by atoms with E-state index in [1.807, 2.05) is 26.0 Å². The van der Waals surface area contributed by atoms with Crippen molar-refractivity contribution in [1.29, 1.82) is 0 Å². The number of benzene rings is 1. The Morgan fingerprint density at radius 1 is 1.26 bits per heavy atom. The molecule has 1 unspecified atom stereocenters. The second-order valence-electron chi connectivity index (χ2n) is 6.30. The lowest BCUT2D eigenvalue weighted by Gasteiger charge is -2.34. The summed E-state index contributed by atoms with van der Waals surface area (Å²) >= 11 is 0. The van der Waals surface area contributed by atoms with E-state index in [1.54, 1.807) is 6.07 Å². The summed E-state index contributed by atoms with van der Waals surface area (Å²) in [6, 6.07) is 4.71. The van der Waals surface area contributed by atoms with Crippen molar-refractivity contribution in [2.24, 2.45) is 0 Å². The molecule has 148 valence electrons. The summed E-state index contributed by atoms with van der Waals surface area (Å²) in [5.41, 5.74) is 2.02. The summed E-state index contributed by atoms with van der Waals surface area (Å²) in [6.07, 6.45) is -0.204. The van der Waals surface area contributed by atoms with Crippen molar-refractivity contribution in [2.45, 2.75) is 26.3 Å². The predicted molar refractivity (Wildman–Crippen MR) is 97.4 cm³/mol. The lowest BCUT2D eigenvalue weighted by Crippen LogP contribution is -2.58. The van der Waals surface area contributed by atoms with Crippen LogP contribution in [0.25, 0.3) is 0 Å². The van der Waals surface area contributed by atoms with Gasteiger partial charge in [0.1, 0.15) is 18.4 Å². The number of esters is 1. The molecule has 1 N–H and O–H groups in total. The van der Waals surface area contributed by atoms with Crippen molar-refractivity contribution < 1.29 is 28.6 Å². The normalized spacial score (nSPS) is 16.6. The third-order valence-electron chi connectivity index (χ3n) is 4.47. The number of methoxy groups -OCH3 is 1. The molecule has 1 saturated heterocycles. The van der Waals surface area contributed by atoms with Crippen molar-refractivity contribution in [3.05, 3.63) is 29.3 Å². The molecule has 27 heavy (non-hydrogen) atoms. The number of aryl methyl sites for hydroxylation is 1. The molecule has 1 aromatic rings. The van der Waals surface area contributed by atoms with Crippen LogP contribution in [0.5, 0.6) is 5.75 Å². The topological polar surface area (TPSA) is 94.2 Å². The second-order valence-corrected chi connectivity index (χ2v) is 6.30. The van der Waals surface area contributed by atoms with Crippen LogP contribution in [0, 0.1) is 13.8 Å². The molecule has 1 atom stereocenters. The molecular weight excluding hydrogens is 352 g/mol. The van der Waals surface area contributed by atoms with Crippen LogP contribution in [0.1, 0.15) is 17.5 Å². The molecule has 1 aliphatic heterocycles. The summed E-state index contributed by atoms with van der Waals surface area (Å²) < 4.78 is 15.5. The number of hydrogen-bond acceptors (Lipinski definition) is 6. The average molecular weight is 378 g/mol. The number of piperazine rings is 1. The molecule has 0 radical (unpaired) electrons. The first-order valence-corrected chi connectivity index (χ1v) is 8.84. The van der Waals surface area contributed by atoms with E-state index in [0.717, 1.165) is 11.1 Å². The van der Waals surface area contributed by atoms with Gasteiger partial charge in [0.05, 0.1) is 13.0 Å². The zero-order valence-corrected chi connectivity index (χ0v) is 15.9. The highest BCUT2D eigenvalue weighted by molar-refractivity contribution is 5.92. The Morgan fingerprint density at radius 3 is 2.78 bits per heavy atom. The smallest absolute Gasteiger partial charge is 0.308 e. The van der Waals surface area contributed by atoms with Gasteiger partial charge in [-0.1, -0.05) is 12.1 Å². The highest BCUT2D eigenvalue weighted by Gasteiger charge is 2.35. The molecule has 0 aliphatic carbocycles. The van der Waals surface area contributed by atoms with E-state index in [-0.39, 0.29) is 38.1 Å². The Bertz CT molecular complexity index is 691. The molecule has 0 aromatic heterocycles. The van der Waals surface area contributed by atoms with Crippen LogP contribution >= 0.6 is 0 Å². The molecular formula is C19H26N2O6. The Hall–Kier alpha value is -2.61. The van der Waals surface area contributed by atoms with Crippen LogP contribution in [0.3, 0.4) is 0 Å². The van der Waals surface area contributed by atoms with Crippen LogP contribution in [0.15, 0.2) is 18.2 Å². The number of nitrogens with zero attached hydrogens (tertiary/aromatic N) is 1. The first-order chi connectivity index (χ1) is 12.9. The molecule has 0 spiro atoms. The number of ether oxygens (including phenoxy) is 3. The molecule has 2 rings (SSSR count). The van der Waals surface area contributed by atoms with E-state index in [2.05, 4.69) is 5.32 Å². The van der Waals surface area contributed by atoms with Gasteiger partial charge in [0, 0.05) is 20.2 Å². The molecule has 2 amide bonds. The maximum atomic E-state index is 12.6. The quantitative estimate of drug-likeness (QED) is 0.526. The van der Waals surface area contributed by atoms with Crippen molar-refractivity contribution in [3.63, 3.8) is 0 Å². The van der Waals surface area contributed by atoms with E-state index in [9.17, 15) is 14.4 Å². The molecule has 1 aliphatic rings. The molecule has 8 heteroatoms. The zero-order chi connectivity index (χ0) is 19.8. The Kier molecular flexibility index (Phi) is 7.60. The largest absolute Gasteiger partial charge is 0.483 e. The molecule has 8 nitrogen and oxygen atoms in total. The summed E-state index contributed by atoms with van der Waals surface area (Å²) in [5.74, 6) is -0.645. The Balaban J connectivity index is 1.97. The molecule has 1 aromatic carbocycles. The van der Waals surface area contributed by atoms with Crippen molar-refractivity contribution in [3.8, 4) is 5.75 Å². The Morgan fingerprint density at radius 2 is 2.04 bits per heavy atom. The maximum Gasteiger partial charge on any atom is 0.308 e. The van der Waals surface area contributed by atoms with Gasteiger partial charge in [-0.15, -0.1) is 0 Å². The minimum absolute atomic E-state index is 0.105. The number of carbonyl (C=O) groups is 3. The minimum atomic E-state index is -0.900. The van der Waals surface area contributed by atoms with Gasteiger partial charge in [0.2, 0.25) is 5.91 Å². The lowest BCUT2D eigenvalue weighted by molar-refractivity contribution is -0.153. The van der Waals surface area contributed by atoms with E-state index in [4.69, 9.17) is 14.2 Å². The molecule has 0 saturated carbocycles. The Labute approximate surface area is 158 Å². The molecule has 1 heterocycles. The fourth-order valence-corrected chi connectivity index (χ4v) is 2.77. The summed E-state index contributed by atoms with van der Waals surface area (Å²) in [6.45, 7) is 4.71. The zero-order valence-electron chi connectivity index (χ0n) is 15.9. The van der Waals surface area contributed by atoms with Gasteiger partial charge in [-0.25, -0.2) is 0 Å². The third kappa shape index (κ3) is 5.68. The van der Waals surface area contributed by atoms with E-state index < -0.39 is 12.0 Å². The standard InChI is InChI=1S/C19H26N2O6/c1-13-5-4-6-16(14(13)2)27-12-17(22)21-8-7-20-19(24)15(21)11-18(23)26-10-9-25-3/h4-6,15H,7-12H2,1-3H3,(H,20,24). The van der Waals surface area contributed by atoms with E-state index in [1.165, 1.54) is 12.0 Å². The third-order valence-corrected chi connectivity index (χ3v) is 4.47. The predicted octanol–water partition coefficient (Wildman–Crippen LogP) is 0.589.